The summed E-state index contributed by atoms with van der Waals surface area (Å²) in [5.41, 5.74) is 2.60. The molecule has 1 aromatic heterocycles. The third-order valence-electron chi connectivity index (χ3n) is 4.06. The minimum Gasteiger partial charge on any atom is -0.463 e. The van der Waals surface area contributed by atoms with Crippen LogP contribution in [0.25, 0.3) is 0 Å². The molecular weight excluding hydrogens is 280 g/mol. The second-order valence-electron chi connectivity index (χ2n) is 5.62. The molecule has 0 bridgehead atoms. The largest absolute Gasteiger partial charge is 0.463 e. The summed E-state index contributed by atoms with van der Waals surface area (Å²) in [6, 6.07) is 9.08. The average Bonchev–Trinajstić information content (AvgIpc) is 3.17. The molecule has 2 heterocycles. The molecule has 0 saturated carbocycles. The van der Waals surface area contributed by atoms with Gasteiger partial charge in [0.15, 0.2) is 0 Å². The highest BCUT2D eigenvalue weighted by molar-refractivity contribution is 5.84. The highest BCUT2D eigenvalue weighted by Crippen LogP contribution is 2.32. The SMILES string of the molecule is COC(=O)c1ncn(CN2CCCC2c2ccc(C)cc2)n1. The number of aromatic nitrogens is 3. The predicted octanol–water partition coefficient (Wildman–Crippen LogP) is 2.17. The van der Waals surface area contributed by atoms with Crippen LogP contribution in [0.1, 0.15) is 40.6 Å². The molecule has 0 aliphatic carbocycles. The van der Waals surface area contributed by atoms with E-state index in [1.54, 1.807) is 11.0 Å². The van der Waals surface area contributed by atoms with Crippen LogP contribution in [-0.4, -0.2) is 39.3 Å². The Morgan fingerprint density at radius 3 is 2.86 bits per heavy atom. The number of nitrogens with zero attached hydrogens (tertiary/aromatic N) is 4. The molecule has 6 nitrogen and oxygen atoms in total. The van der Waals surface area contributed by atoms with Crippen LogP contribution in [0.5, 0.6) is 0 Å². The van der Waals surface area contributed by atoms with Crippen molar-refractivity contribution in [2.45, 2.75) is 32.5 Å². The summed E-state index contributed by atoms with van der Waals surface area (Å²) < 4.78 is 6.32. The fourth-order valence-electron chi connectivity index (χ4n) is 2.90. The molecule has 0 radical (unpaired) electrons. The lowest BCUT2D eigenvalue weighted by atomic mass is 10.0. The predicted molar refractivity (Wildman–Crippen MR) is 81.2 cm³/mol. The van der Waals surface area contributed by atoms with E-state index in [9.17, 15) is 4.79 Å². The zero-order valence-electron chi connectivity index (χ0n) is 12.9. The third kappa shape index (κ3) is 3.01. The molecule has 2 aromatic rings. The Labute approximate surface area is 129 Å². The first-order valence-corrected chi connectivity index (χ1v) is 7.46. The number of methoxy groups -OCH3 is 1. The van der Waals surface area contributed by atoms with Crippen molar-refractivity contribution in [1.82, 2.24) is 19.7 Å². The van der Waals surface area contributed by atoms with Crippen LogP contribution < -0.4 is 0 Å². The first-order valence-electron chi connectivity index (χ1n) is 7.46. The molecule has 1 fully saturated rings. The van der Waals surface area contributed by atoms with Crippen LogP contribution in [0.2, 0.25) is 0 Å². The first-order chi connectivity index (χ1) is 10.7. The first kappa shape index (κ1) is 14.7. The summed E-state index contributed by atoms with van der Waals surface area (Å²) in [7, 11) is 1.33. The van der Waals surface area contributed by atoms with E-state index >= 15 is 0 Å². The molecule has 0 N–H and O–H groups in total. The number of benzene rings is 1. The maximum Gasteiger partial charge on any atom is 0.377 e. The fraction of sp³-hybridized carbons (Fsp3) is 0.438. The smallest absolute Gasteiger partial charge is 0.377 e. The molecular formula is C16H20N4O2. The van der Waals surface area contributed by atoms with Gasteiger partial charge in [-0.3, -0.25) is 4.90 Å². The average molecular weight is 300 g/mol. The van der Waals surface area contributed by atoms with Gasteiger partial charge < -0.3 is 4.74 Å². The summed E-state index contributed by atoms with van der Waals surface area (Å²) in [5.74, 6) is -0.399. The van der Waals surface area contributed by atoms with Crippen molar-refractivity contribution in [3.05, 3.63) is 47.5 Å². The van der Waals surface area contributed by atoms with Gasteiger partial charge in [-0.2, -0.15) is 0 Å². The lowest BCUT2D eigenvalue weighted by molar-refractivity contribution is 0.0585. The van der Waals surface area contributed by atoms with Gasteiger partial charge in [0, 0.05) is 12.6 Å². The lowest BCUT2D eigenvalue weighted by Crippen LogP contribution is -2.26. The summed E-state index contributed by atoms with van der Waals surface area (Å²) >= 11 is 0. The van der Waals surface area contributed by atoms with Crippen molar-refractivity contribution in [2.75, 3.05) is 13.7 Å². The van der Waals surface area contributed by atoms with E-state index in [2.05, 4.69) is 50.9 Å². The van der Waals surface area contributed by atoms with Crippen molar-refractivity contribution < 1.29 is 9.53 Å². The van der Waals surface area contributed by atoms with Crippen molar-refractivity contribution in [3.63, 3.8) is 0 Å². The standard InChI is InChI=1S/C16H20N4O2/c1-12-5-7-13(8-6-12)14-4-3-9-19(14)11-20-10-17-15(18-20)16(21)22-2/h5-8,10,14H,3-4,9,11H2,1-2H3. The molecule has 0 amide bonds. The molecule has 6 heteroatoms. The summed E-state index contributed by atoms with van der Waals surface area (Å²) in [6.07, 6.45) is 3.88. The second kappa shape index (κ2) is 6.27. The number of hydrogen-bond donors (Lipinski definition) is 0. The highest BCUT2D eigenvalue weighted by atomic mass is 16.5. The van der Waals surface area contributed by atoms with Crippen molar-refractivity contribution in [2.24, 2.45) is 0 Å². The Kier molecular flexibility index (Phi) is 4.20. The summed E-state index contributed by atoms with van der Waals surface area (Å²) in [5, 5.41) is 4.18. The Morgan fingerprint density at radius 2 is 2.14 bits per heavy atom. The lowest BCUT2D eigenvalue weighted by Gasteiger charge is -2.24. The van der Waals surface area contributed by atoms with Gasteiger partial charge in [-0.1, -0.05) is 29.8 Å². The van der Waals surface area contributed by atoms with E-state index < -0.39 is 5.97 Å². The maximum atomic E-state index is 11.4. The van der Waals surface area contributed by atoms with E-state index in [1.165, 1.54) is 18.2 Å². The molecule has 1 aliphatic heterocycles. The van der Waals surface area contributed by atoms with Gasteiger partial charge in [0.2, 0.25) is 0 Å². The number of rotatable bonds is 4. The molecule has 0 spiro atoms. The van der Waals surface area contributed by atoms with E-state index in [0.717, 1.165) is 19.4 Å². The number of esters is 1. The Hall–Kier alpha value is -2.21. The van der Waals surface area contributed by atoms with Gasteiger partial charge in [-0.25, -0.2) is 14.5 Å². The molecule has 1 unspecified atom stereocenters. The van der Waals surface area contributed by atoms with Crippen LogP contribution in [0.15, 0.2) is 30.6 Å². The quantitative estimate of drug-likeness (QED) is 0.810. The zero-order valence-corrected chi connectivity index (χ0v) is 12.9. The van der Waals surface area contributed by atoms with Gasteiger partial charge in [0.1, 0.15) is 6.33 Å². The van der Waals surface area contributed by atoms with Crippen molar-refractivity contribution in [3.8, 4) is 0 Å². The number of likely N-dealkylation sites (tertiary alicyclic amines) is 1. The normalized spacial score (nSPS) is 18.5. The number of hydrogen-bond acceptors (Lipinski definition) is 5. The van der Waals surface area contributed by atoms with E-state index in [-0.39, 0.29) is 5.82 Å². The second-order valence-corrected chi connectivity index (χ2v) is 5.62. The number of carbonyl (C=O) groups excluding carboxylic acids is 1. The zero-order chi connectivity index (χ0) is 15.5. The fourth-order valence-corrected chi connectivity index (χ4v) is 2.90. The summed E-state index contributed by atoms with van der Waals surface area (Å²) in [4.78, 5) is 17.8. The number of ether oxygens (including phenoxy) is 1. The monoisotopic (exact) mass is 300 g/mol. The van der Waals surface area contributed by atoms with Gasteiger partial charge in [0.05, 0.1) is 13.8 Å². The molecule has 1 saturated heterocycles. The highest BCUT2D eigenvalue weighted by Gasteiger charge is 2.26. The van der Waals surface area contributed by atoms with E-state index in [4.69, 9.17) is 0 Å². The van der Waals surface area contributed by atoms with E-state index in [0.29, 0.717) is 12.7 Å². The Balaban J connectivity index is 1.72. The van der Waals surface area contributed by atoms with Crippen molar-refractivity contribution in [1.29, 1.82) is 0 Å². The summed E-state index contributed by atoms with van der Waals surface area (Å²) in [6.45, 7) is 3.74. The maximum absolute atomic E-state index is 11.4. The Morgan fingerprint density at radius 1 is 1.36 bits per heavy atom. The number of carbonyl (C=O) groups is 1. The number of aryl methyl sites for hydroxylation is 1. The van der Waals surface area contributed by atoms with Crippen LogP contribution in [0.3, 0.4) is 0 Å². The van der Waals surface area contributed by atoms with Gasteiger partial charge in [0.25, 0.3) is 5.82 Å². The minimum absolute atomic E-state index is 0.105. The van der Waals surface area contributed by atoms with Crippen molar-refractivity contribution >= 4 is 5.97 Å². The van der Waals surface area contributed by atoms with Crippen LogP contribution in [0, 0.1) is 6.92 Å². The third-order valence-corrected chi connectivity index (χ3v) is 4.06. The van der Waals surface area contributed by atoms with Crippen LogP contribution in [0.4, 0.5) is 0 Å². The molecule has 1 aliphatic rings. The molecule has 22 heavy (non-hydrogen) atoms. The van der Waals surface area contributed by atoms with Gasteiger partial charge >= 0.3 is 5.97 Å². The molecule has 1 aromatic carbocycles. The minimum atomic E-state index is -0.504. The molecule has 3 rings (SSSR count). The molecule has 116 valence electrons. The van der Waals surface area contributed by atoms with Gasteiger partial charge in [-0.05, 0) is 25.3 Å². The Bertz CT molecular complexity index is 650. The van der Waals surface area contributed by atoms with Crippen LogP contribution >= 0.6 is 0 Å². The topological polar surface area (TPSA) is 60.2 Å². The molecule has 1 atom stereocenters. The van der Waals surface area contributed by atoms with E-state index in [1.807, 2.05) is 0 Å². The van der Waals surface area contributed by atoms with Crippen LogP contribution in [-0.2, 0) is 11.4 Å². The van der Waals surface area contributed by atoms with Gasteiger partial charge in [-0.15, -0.1) is 5.10 Å².